The molecule has 0 unspecified atom stereocenters. The molecule has 2 nitrogen and oxygen atoms in total. The standard InChI is InChI=1S/C17H25NO/c1-3-4-5-16-6-8-17(9-7-16)15(2)14-18-10-12-19-13-11-18/h6-9H,2-5,10-14H2,1H3. The van der Waals surface area contributed by atoms with Gasteiger partial charge in [0.2, 0.25) is 0 Å². The molecule has 0 bridgehead atoms. The van der Waals surface area contributed by atoms with Crippen LogP contribution in [-0.2, 0) is 11.2 Å². The van der Waals surface area contributed by atoms with Crippen molar-refractivity contribution < 1.29 is 4.74 Å². The normalized spacial score (nSPS) is 16.5. The van der Waals surface area contributed by atoms with Gasteiger partial charge < -0.3 is 4.74 Å². The summed E-state index contributed by atoms with van der Waals surface area (Å²) in [5.74, 6) is 0. The first kappa shape index (κ1) is 14.3. The van der Waals surface area contributed by atoms with Crippen molar-refractivity contribution in [2.75, 3.05) is 32.8 Å². The first-order valence-corrected chi connectivity index (χ1v) is 7.37. The van der Waals surface area contributed by atoms with Crippen LogP contribution in [0.4, 0.5) is 0 Å². The van der Waals surface area contributed by atoms with Crippen LogP contribution in [0.1, 0.15) is 30.9 Å². The van der Waals surface area contributed by atoms with Gasteiger partial charge in [0, 0.05) is 19.6 Å². The lowest BCUT2D eigenvalue weighted by molar-refractivity contribution is 0.0444. The van der Waals surface area contributed by atoms with Gasteiger partial charge in [0.15, 0.2) is 0 Å². The van der Waals surface area contributed by atoms with Crippen molar-refractivity contribution in [3.05, 3.63) is 42.0 Å². The molecule has 0 spiro atoms. The van der Waals surface area contributed by atoms with Gasteiger partial charge in [0.05, 0.1) is 13.2 Å². The Bertz CT molecular complexity index is 390. The molecule has 104 valence electrons. The number of rotatable bonds is 6. The minimum absolute atomic E-state index is 0.850. The van der Waals surface area contributed by atoms with Crippen molar-refractivity contribution in [1.29, 1.82) is 0 Å². The number of morpholine rings is 1. The Labute approximate surface area is 117 Å². The highest BCUT2D eigenvalue weighted by Gasteiger charge is 2.11. The van der Waals surface area contributed by atoms with E-state index in [4.69, 9.17) is 4.74 Å². The van der Waals surface area contributed by atoms with Crippen molar-refractivity contribution in [2.45, 2.75) is 26.2 Å². The second kappa shape index (κ2) is 7.46. The van der Waals surface area contributed by atoms with Gasteiger partial charge in [-0.2, -0.15) is 0 Å². The Hall–Kier alpha value is -1.12. The average molecular weight is 259 g/mol. The third kappa shape index (κ3) is 4.48. The Kier molecular flexibility index (Phi) is 5.62. The lowest BCUT2D eigenvalue weighted by Crippen LogP contribution is -2.37. The predicted molar refractivity (Wildman–Crippen MR) is 81.3 cm³/mol. The van der Waals surface area contributed by atoms with Crippen molar-refractivity contribution in [2.24, 2.45) is 0 Å². The molecule has 0 aliphatic carbocycles. The van der Waals surface area contributed by atoms with E-state index in [0.717, 1.165) is 32.8 Å². The summed E-state index contributed by atoms with van der Waals surface area (Å²) >= 11 is 0. The number of unbranched alkanes of at least 4 members (excludes halogenated alkanes) is 1. The molecule has 0 aromatic heterocycles. The van der Waals surface area contributed by atoms with Gasteiger partial charge in [0.25, 0.3) is 0 Å². The second-order valence-electron chi connectivity index (χ2n) is 5.29. The maximum atomic E-state index is 5.37. The number of ether oxygens (including phenoxy) is 1. The van der Waals surface area contributed by atoms with Crippen LogP contribution in [0.2, 0.25) is 0 Å². The Morgan fingerprint density at radius 1 is 1.21 bits per heavy atom. The van der Waals surface area contributed by atoms with Gasteiger partial charge in [-0.25, -0.2) is 0 Å². The zero-order valence-corrected chi connectivity index (χ0v) is 12.0. The molecule has 0 saturated carbocycles. The predicted octanol–water partition coefficient (Wildman–Crippen LogP) is 3.37. The van der Waals surface area contributed by atoms with Crippen molar-refractivity contribution >= 4 is 5.57 Å². The van der Waals surface area contributed by atoms with Gasteiger partial charge in [-0.3, -0.25) is 4.90 Å². The van der Waals surface area contributed by atoms with E-state index >= 15 is 0 Å². The fraction of sp³-hybridized carbons (Fsp3) is 0.529. The number of hydrogen-bond acceptors (Lipinski definition) is 2. The lowest BCUT2D eigenvalue weighted by Gasteiger charge is -2.27. The highest BCUT2D eigenvalue weighted by Crippen LogP contribution is 2.16. The number of benzene rings is 1. The molecule has 0 amide bonds. The van der Waals surface area contributed by atoms with E-state index < -0.39 is 0 Å². The molecule has 2 rings (SSSR count). The molecule has 1 aromatic carbocycles. The third-order valence-electron chi connectivity index (χ3n) is 3.70. The maximum Gasteiger partial charge on any atom is 0.0594 e. The summed E-state index contributed by atoms with van der Waals surface area (Å²) in [7, 11) is 0. The van der Waals surface area contributed by atoms with Gasteiger partial charge >= 0.3 is 0 Å². The summed E-state index contributed by atoms with van der Waals surface area (Å²) in [6, 6.07) is 8.92. The molecule has 0 N–H and O–H groups in total. The SMILES string of the molecule is C=C(CN1CCOCC1)c1ccc(CCCC)cc1. The monoisotopic (exact) mass is 259 g/mol. The average Bonchev–Trinajstić information content (AvgIpc) is 2.46. The van der Waals surface area contributed by atoms with Crippen LogP contribution in [0.25, 0.3) is 5.57 Å². The molecule has 1 heterocycles. The van der Waals surface area contributed by atoms with Gasteiger partial charge in [-0.15, -0.1) is 0 Å². The number of hydrogen-bond donors (Lipinski definition) is 0. The number of nitrogens with zero attached hydrogens (tertiary/aromatic N) is 1. The summed E-state index contributed by atoms with van der Waals surface area (Å²) in [4.78, 5) is 2.41. The summed E-state index contributed by atoms with van der Waals surface area (Å²) in [5, 5.41) is 0. The van der Waals surface area contributed by atoms with Crippen molar-refractivity contribution in [1.82, 2.24) is 4.90 Å². The van der Waals surface area contributed by atoms with Crippen LogP contribution < -0.4 is 0 Å². The van der Waals surface area contributed by atoms with Crippen LogP contribution in [0.3, 0.4) is 0 Å². The molecule has 1 aliphatic heterocycles. The molecule has 1 aromatic rings. The smallest absolute Gasteiger partial charge is 0.0594 e. The minimum Gasteiger partial charge on any atom is -0.379 e. The first-order chi connectivity index (χ1) is 9.29. The molecule has 1 aliphatic rings. The largest absolute Gasteiger partial charge is 0.379 e. The maximum absolute atomic E-state index is 5.37. The summed E-state index contributed by atoms with van der Waals surface area (Å²) in [6.07, 6.45) is 3.71. The topological polar surface area (TPSA) is 12.5 Å². The van der Waals surface area contributed by atoms with Crippen molar-refractivity contribution in [3.8, 4) is 0 Å². The van der Waals surface area contributed by atoms with Crippen LogP contribution in [-0.4, -0.2) is 37.7 Å². The van der Waals surface area contributed by atoms with Crippen molar-refractivity contribution in [3.63, 3.8) is 0 Å². The molecule has 1 fully saturated rings. The molecule has 2 heteroatoms. The first-order valence-electron chi connectivity index (χ1n) is 7.37. The highest BCUT2D eigenvalue weighted by atomic mass is 16.5. The lowest BCUT2D eigenvalue weighted by atomic mass is 10.0. The molecule has 0 atom stereocenters. The van der Waals surface area contributed by atoms with Crippen LogP contribution in [0.5, 0.6) is 0 Å². The minimum atomic E-state index is 0.850. The molecule has 1 saturated heterocycles. The van der Waals surface area contributed by atoms with Crippen LogP contribution in [0.15, 0.2) is 30.8 Å². The van der Waals surface area contributed by atoms with E-state index in [2.05, 4.69) is 42.7 Å². The zero-order valence-electron chi connectivity index (χ0n) is 12.0. The third-order valence-corrected chi connectivity index (χ3v) is 3.70. The highest BCUT2D eigenvalue weighted by molar-refractivity contribution is 5.64. The van der Waals surface area contributed by atoms with E-state index in [1.54, 1.807) is 0 Å². The Morgan fingerprint density at radius 3 is 2.53 bits per heavy atom. The van der Waals surface area contributed by atoms with E-state index in [0.29, 0.717) is 0 Å². The molecule has 19 heavy (non-hydrogen) atoms. The van der Waals surface area contributed by atoms with E-state index in [9.17, 15) is 0 Å². The molecular weight excluding hydrogens is 234 g/mol. The summed E-state index contributed by atoms with van der Waals surface area (Å²) < 4.78 is 5.37. The van der Waals surface area contributed by atoms with Crippen LogP contribution >= 0.6 is 0 Å². The van der Waals surface area contributed by atoms with Gasteiger partial charge in [0.1, 0.15) is 0 Å². The molecular formula is C17H25NO. The van der Waals surface area contributed by atoms with Gasteiger partial charge in [-0.1, -0.05) is 44.2 Å². The van der Waals surface area contributed by atoms with E-state index in [-0.39, 0.29) is 0 Å². The van der Waals surface area contributed by atoms with Gasteiger partial charge in [-0.05, 0) is 29.5 Å². The second-order valence-corrected chi connectivity index (χ2v) is 5.29. The number of aryl methyl sites for hydroxylation is 1. The van der Waals surface area contributed by atoms with E-state index in [1.165, 1.54) is 36.0 Å². The fourth-order valence-electron chi connectivity index (χ4n) is 2.41. The summed E-state index contributed by atoms with van der Waals surface area (Å²) in [5.41, 5.74) is 3.92. The Balaban J connectivity index is 1.87. The van der Waals surface area contributed by atoms with E-state index in [1.807, 2.05) is 0 Å². The quantitative estimate of drug-likeness (QED) is 0.776. The van der Waals surface area contributed by atoms with Crippen LogP contribution in [0, 0.1) is 0 Å². The summed E-state index contributed by atoms with van der Waals surface area (Å²) in [6.45, 7) is 11.2. The Morgan fingerprint density at radius 2 is 1.89 bits per heavy atom. The fourth-order valence-corrected chi connectivity index (χ4v) is 2.41. The molecule has 0 radical (unpaired) electrons. The zero-order chi connectivity index (χ0) is 13.5.